The summed E-state index contributed by atoms with van der Waals surface area (Å²) < 4.78 is 0. The van der Waals surface area contributed by atoms with Crippen molar-refractivity contribution < 1.29 is 0 Å². The van der Waals surface area contributed by atoms with Gasteiger partial charge in [-0.3, -0.25) is 0 Å². The summed E-state index contributed by atoms with van der Waals surface area (Å²) in [5, 5.41) is 0.723. The van der Waals surface area contributed by atoms with Crippen molar-refractivity contribution in [3.05, 3.63) is 69.7 Å². The Kier molecular flexibility index (Phi) is 3.51. The first-order chi connectivity index (χ1) is 8.09. The molecule has 0 unspecified atom stereocenters. The fraction of sp³-hybridized carbons (Fsp3) is 0.200. The maximum Gasteiger partial charge on any atom is 0.0569 e. The number of hydrogen-bond acceptors (Lipinski definition) is 1. The molecule has 1 atom stereocenters. The lowest BCUT2D eigenvalue weighted by Gasteiger charge is -2.17. The van der Waals surface area contributed by atoms with Gasteiger partial charge in [0.1, 0.15) is 0 Å². The molecular weight excluding hydrogens is 230 g/mol. The van der Waals surface area contributed by atoms with Crippen molar-refractivity contribution in [2.75, 3.05) is 0 Å². The summed E-state index contributed by atoms with van der Waals surface area (Å²) in [6.45, 7) is 4.15. The minimum Gasteiger partial charge on any atom is -0.320 e. The Hall–Kier alpha value is -1.31. The third-order valence-electron chi connectivity index (χ3n) is 3.01. The van der Waals surface area contributed by atoms with Crippen molar-refractivity contribution in [3.63, 3.8) is 0 Å². The van der Waals surface area contributed by atoms with E-state index < -0.39 is 0 Å². The van der Waals surface area contributed by atoms with Crippen molar-refractivity contribution in [2.45, 2.75) is 19.9 Å². The fourth-order valence-electron chi connectivity index (χ4n) is 1.99. The van der Waals surface area contributed by atoms with E-state index in [0.29, 0.717) is 0 Å². The first-order valence-electron chi connectivity index (χ1n) is 5.67. The molecule has 0 radical (unpaired) electrons. The molecule has 2 heteroatoms. The highest BCUT2D eigenvalue weighted by molar-refractivity contribution is 6.31. The molecule has 2 N–H and O–H groups in total. The van der Waals surface area contributed by atoms with Crippen LogP contribution in [0.4, 0.5) is 0 Å². The average molecular weight is 246 g/mol. The summed E-state index contributed by atoms with van der Waals surface area (Å²) in [6, 6.07) is 13.9. The summed E-state index contributed by atoms with van der Waals surface area (Å²) in [6.07, 6.45) is 0. The quantitative estimate of drug-likeness (QED) is 0.850. The largest absolute Gasteiger partial charge is 0.320 e. The highest BCUT2D eigenvalue weighted by Crippen LogP contribution is 2.28. The van der Waals surface area contributed by atoms with Crippen LogP contribution in [0, 0.1) is 13.8 Å². The topological polar surface area (TPSA) is 26.0 Å². The zero-order valence-corrected chi connectivity index (χ0v) is 10.8. The van der Waals surface area contributed by atoms with Gasteiger partial charge in [-0.2, -0.15) is 0 Å². The van der Waals surface area contributed by atoms with Gasteiger partial charge < -0.3 is 5.73 Å². The number of aryl methyl sites for hydroxylation is 2. The Balaban J connectivity index is 2.47. The van der Waals surface area contributed by atoms with Gasteiger partial charge in [-0.25, -0.2) is 0 Å². The van der Waals surface area contributed by atoms with E-state index in [2.05, 4.69) is 32.0 Å². The van der Waals surface area contributed by atoms with E-state index in [1.807, 2.05) is 24.3 Å². The second-order valence-electron chi connectivity index (χ2n) is 4.36. The van der Waals surface area contributed by atoms with Crippen LogP contribution in [0.15, 0.2) is 42.5 Å². The normalized spacial score (nSPS) is 12.5. The fourth-order valence-corrected chi connectivity index (χ4v) is 2.24. The number of nitrogens with two attached hydrogens (primary N) is 1. The third kappa shape index (κ3) is 2.51. The monoisotopic (exact) mass is 245 g/mol. The van der Waals surface area contributed by atoms with E-state index in [4.69, 9.17) is 17.3 Å². The van der Waals surface area contributed by atoms with E-state index in [1.165, 1.54) is 11.1 Å². The van der Waals surface area contributed by atoms with Gasteiger partial charge in [-0.05, 0) is 36.6 Å². The summed E-state index contributed by atoms with van der Waals surface area (Å²) >= 11 is 6.18. The van der Waals surface area contributed by atoms with Crippen LogP contribution in [0.25, 0.3) is 0 Å². The van der Waals surface area contributed by atoms with Gasteiger partial charge in [-0.1, -0.05) is 53.6 Å². The van der Waals surface area contributed by atoms with E-state index in [9.17, 15) is 0 Å². The van der Waals surface area contributed by atoms with Crippen LogP contribution in [0.2, 0.25) is 5.02 Å². The summed E-state index contributed by atoms with van der Waals surface area (Å²) in [5.41, 5.74) is 10.8. The average Bonchev–Trinajstić information content (AvgIpc) is 2.32. The van der Waals surface area contributed by atoms with Gasteiger partial charge in [-0.15, -0.1) is 0 Å². The van der Waals surface area contributed by atoms with E-state index >= 15 is 0 Å². The molecule has 2 aromatic carbocycles. The standard InChI is InChI=1S/C15H16ClN/c1-10-7-8-11(2)13(9-10)15(17)12-5-3-4-6-14(12)16/h3-9,15H,17H2,1-2H3/t15-/m1/s1. The minimum absolute atomic E-state index is 0.163. The molecule has 1 nitrogen and oxygen atoms in total. The molecule has 0 saturated heterocycles. The maximum absolute atomic E-state index is 6.30. The Bertz CT molecular complexity index is 534. The molecule has 2 aromatic rings. The van der Waals surface area contributed by atoms with Crippen LogP contribution in [-0.4, -0.2) is 0 Å². The van der Waals surface area contributed by atoms with E-state index in [0.717, 1.165) is 16.1 Å². The Morgan fingerprint density at radius 2 is 1.71 bits per heavy atom. The highest BCUT2D eigenvalue weighted by Gasteiger charge is 2.13. The third-order valence-corrected chi connectivity index (χ3v) is 3.35. The molecule has 0 spiro atoms. The molecule has 0 bridgehead atoms. The smallest absolute Gasteiger partial charge is 0.0569 e. The van der Waals surface area contributed by atoms with Gasteiger partial charge in [0.15, 0.2) is 0 Å². The second kappa shape index (κ2) is 4.91. The Labute approximate surface area is 107 Å². The van der Waals surface area contributed by atoms with Gasteiger partial charge >= 0.3 is 0 Å². The van der Waals surface area contributed by atoms with Gasteiger partial charge in [0.2, 0.25) is 0 Å². The Morgan fingerprint density at radius 1 is 1.00 bits per heavy atom. The molecule has 0 amide bonds. The summed E-state index contributed by atoms with van der Waals surface area (Å²) in [7, 11) is 0. The van der Waals surface area contributed by atoms with Crippen LogP contribution in [0.1, 0.15) is 28.3 Å². The van der Waals surface area contributed by atoms with Gasteiger partial charge in [0, 0.05) is 5.02 Å². The van der Waals surface area contributed by atoms with Crippen molar-refractivity contribution in [2.24, 2.45) is 5.73 Å². The molecule has 0 heterocycles. The molecule has 17 heavy (non-hydrogen) atoms. The van der Waals surface area contributed by atoms with Crippen molar-refractivity contribution >= 4 is 11.6 Å². The van der Waals surface area contributed by atoms with Gasteiger partial charge in [0.25, 0.3) is 0 Å². The molecule has 2 rings (SSSR count). The molecular formula is C15H16ClN. The number of hydrogen-bond donors (Lipinski definition) is 1. The van der Waals surface area contributed by atoms with Crippen LogP contribution in [0.5, 0.6) is 0 Å². The first kappa shape index (κ1) is 12.2. The van der Waals surface area contributed by atoms with Crippen molar-refractivity contribution in [3.8, 4) is 0 Å². The molecule has 0 aromatic heterocycles. The van der Waals surface area contributed by atoms with Crippen LogP contribution in [0.3, 0.4) is 0 Å². The number of benzene rings is 2. The lowest BCUT2D eigenvalue weighted by Crippen LogP contribution is -2.13. The molecule has 0 saturated carbocycles. The number of rotatable bonds is 2. The Morgan fingerprint density at radius 3 is 2.41 bits per heavy atom. The zero-order chi connectivity index (χ0) is 12.4. The molecule has 0 aliphatic carbocycles. The van der Waals surface area contributed by atoms with Crippen LogP contribution in [-0.2, 0) is 0 Å². The zero-order valence-electron chi connectivity index (χ0n) is 10.1. The highest BCUT2D eigenvalue weighted by atomic mass is 35.5. The summed E-state index contributed by atoms with van der Waals surface area (Å²) in [5.74, 6) is 0. The minimum atomic E-state index is -0.163. The maximum atomic E-state index is 6.30. The number of halogens is 1. The first-order valence-corrected chi connectivity index (χ1v) is 6.04. The molecule has 88 valence electrons. The van der Waals surface area contributed by atoms with E-state index in [1.54, 1.807) is 0 Å². The van der Waals surface area contributed by atoms with E-state index in [-0.39, 0.29) is 6.04 Å². The van der Waals surface area contributed by atoms with Crippen molar-refractivity contribution in [1.82, 2.24) is 0 Å². The van der Waals surface area contributed by atoms with Crippen molar-refractivity contribution in [1.29, 1.82) is 0 Å². The lowest BCUT2D eigenvalue weighted by atomic mass is 9.94. The lowest BCUT2D eigenvalue weighted by molar-refractivity contribution is 0.860. The predicted octanol–water partition coefficient (Wildman–Crippen LogP) is 4.00. The molecule has 0 aliphatic rings. The van der Waals surface area contributed by atoms with Gasteiger partial charge in [0.05, 0.1) is 6.04 Å². The van der Waals surface area contributed by atoms with Crippen LogP contribution < -0.4 is 5.73 Å². The van der Waals surface area contributed by atoms with Crippen LogP contribution >= 0.6 is 11.6 Å². The molecule has 0 aliphatic heterocycles. The molecule has 0 fully saturated rings. The predicted molar refractivity (Wildman–Crippen MR) is 73.4 cm³/mol. The summed E-state index contributed by atoms with van der Waals surface area (Å²) in [4.78, 5) is 0. The SMILES string of the molecule is Cc1ccc(C)c([C@H](N)c2ccccc2Cl)c1. The second-order valence-corrected chi connectivity index (χ2v) is 4.77.